The number of carbonyl (C=O) groups is 2. The highest BCUT2D eigenvalue weighted by atomic mass is 32.2. The predicted molar refractivity (Wildman–Crippen MR) is 122 cm³/mol. The summed E-state index contributed by atoms with van der Waals surface area (Å²) in [6.07, 6.45) is 4.05. The third-order valence-corrected chi connectivity index (χ3v) is 6.13. The van der Waals surface area contributed by atoms with Crippen molar-refractivity contribution in [3.63, 3.8) is 0 Å². The summed E-state index contributed by atoms with van der Waals surface area (Å²) in [5.74, 6) is -1.01. The highest BCUT2D eigenvalue weighted by molar-refractivity contribution is 7.89. The number of sulfonamides is 1. The van der Waals surface area contributed by atoms with Crippen LogP contribution in [0.25, 0.3) is 6.08 Å². The van der Waals surface area contributed by atoms with E-state index in [1.54, 1.807) is 31.3 Å². The van der Waals surface area contributed by atoms with Gasteiger partial charge in [-0.2, -0.15) is 0 Å². The van der Waals surface area contributed by atoms with Crippen molar-refractivity contribution in [3.05, 3.63) is 95.7 Å². The molecule has 1 amide bonds. The Balaban J connectivity index is 1.46. The van der Waals surface area contributed by atoms with Gasteiger partial charge in [-0.25, -0.2) is 22.3 Å². The van der Waals surface area contributed by atoms with Crippen LogP contribution in [0.15, 0.2) is 82.3 Å². The van der Waals surface area contributed by atoms with Crippen LogP contribution in [0.4, 0.5) is 4.39 Å². The van der Waals surface area contributed by atoms with Crippen LogP contribution in [0.3, 0.4) is 0 Å². The van der Waals surface area contributed by atoms with Crippen molar-refractivity contribution < 1.29 is 31.6 Å². The molecule has 10 heteroatoms. The molecule has 0 radical (unpaired) electrons. The first kappa shape index (κ1) is 24.9. The second-order valence-corrected chi connectivity index (χ2v) is 9.06. The first-order chi connectivity index (χ1) is 16.2. The van der Waals surface area contributed by atoms with E-state index >= 15 is 0 Å². The number of carbonyl (C=O) groups excluding carboxylic acids is 2. The molecular formula is C24H23FN2O6S. The van der Waals surface area contributed by atoms with E-state index in [-0.39, 0.29) is 23.8 Å². The molecule has 2 aromatic carbocycles. The summed E-state index contributed by atoms with van der Waals surface area (Å²) in [6, 6.07) is 15.0. The Bertz CT molecular complexity index is 1240. The van der Waals surface area contributed by atoms with Crippen LogP contribution in [0, 0.1) is 5.82 Å². The Morgan fingerprint density at radius 2 is 1.79 bits per heavy atom. The fourth-order valence-electron chi connectivity index (χ4n) is 2.83. The molecule has 0 aliphatic rings. The van der Waals surface area contributed by atoms with Crippen molar-refractivity contribution in [3.8, 4) is 0 Å². The van der Waals surface area contributed by atoms with E-state index in [1.807, 2.05) is 0 Å². The Labute approximate surface area is 196 Å². The number of furan rings is 1. The summed E-state index contributed by atoms with van der Waals surface area (Å²) in [6.45, 7) is -0.168. The van der Waals surface area contributed by atoms with E-state index in [1.165, 1.54) is 53.6 Å². The molecule has 3 aromatic rings. The summed E-state index contributed by atoms with van der Waals surface area (Å²) in [5.41, 5.74) is 1.31. The van der Waals surface area contributed by atoms with Crippen LogP contribution in [0.5, 0.6) is 0 Å². The molecule has 0 aliphatic heterocycles. The largest absolute Gasteiger partial charge is 0.468 e. The Hall–Kier alpha value is -3.76. The van der Waals surface area contributed by atoms with Crippen molar-refractivity contribution in [1.82, 2.24) is 9.62 Å². The zero-order chi connectivity index (χ0) is 24.6. The molecule has 0 saturated heterocycles. The quantitative estimate of drug-likeness (QED) is 0.349. The maximum atomic E-state index is 13.0. The highest BCUT2D eigenvalue weighted by Crippen LogP contribution is 2.13. The molecule has 0 fully saturated rings. The number of nitrogens with zero attached hydrogens (tertiary/aromatic N) is 1. The summed E-state index contributed by atoms with van der Waals surface area (Å²) >= 11 is 0. The lowest BCUT2D eigenvalue weighted by atomic mass is 10.2. The summed E-state index contributed by atoms with van der Waals surface area (Å²) < 4.78 is 50.1. The Morgan fingerprint density at radius 3 is 2.44 bits per heavy atom. The molecule has 34 heavy (non-hydrogen) atoms. The molecule has 0 aliphatic carbocycles. The van der Waals surface area contributed by atoms with Crippen LogP contribution in [0.1, 0.15) is 16.9 Å². The number of amides is 1. The van der Waals surface area contributed by atoms with E-state index in [0.29, 0.717) is 11.3 Å². The molecule has 0 unspecified atom stereocenters. The van der Waals surface area contributed by atoms with Crippen molar-refractivity contribution in [2.45, 2.75) is 18.0 Å². The Kier molecular flexibility index (Phi) is 8.34. The molecule has 8 nitrogen and oxygen atoms in total. The van der Waals surface area contributed by atoms with Gasteiger partial charge in [-0.05, 0) is 53.6 Å². The number of nitrogens with one attached hydrogen (secondary N) is 1. The van der Waals surface area contributed by atoms with Crippen molar-refractivity contribution in [2.24, 2.45) is 0 Å². The minimum Gasteiger partial charge on any atom is -0.468 e. The van der Waals surface area contributed by atoms with Gasteiger partial charge in [0.1, 0.15) is 11.6 Å². The van der Waals surface area contributed by atoms with Gasteiger partial charge in [0.15, 0.2) is 6.61 Å². The van der Waals surface area contributed by atoms with Crippen LogP contribution >= 0.6 is 0 Å². The number of benzene rings is 2. The number of ether oxygens (including phenoxy) is 1. The molecule has 0 spiro atoms. The maximum absolute atomic E-state index is 13.0. The molecule has 1 heterocycles. The fraction of sp³-hybridized carbons (Fsp3) is 0.167. The van der Waals surface area contributed by atoms with E-state index in [0.717, 1.165) is 11.6 Å². The smallest absolute Gasteiger partial charge is 0.331 e. The maximum Gasteiger partial charge on any atom is 0.331 e. The van der Waals surface area contributed by atoms with Gasteiger partial charge in [0.05, 0.1) is 17.7 Å². The third kappa shape index (κ3) is 7.39. The first-order valence-electron chi connectivity index (χ1n) is 10.2. The van der Waals surface area contributed by atoms with Gasteiger partial charge in [-0.15, -0.1) is 0 Å². The normalized spacial score (nSPS) is 11.5. The standard InChI is InChI=1S/C24H23FN2O6S/c1-27(16-19-4-9-20(25)10-5-19)23(28)17-33-24(29)13-8-18-6-11-22(12-7-18)34(30,31)26-15-21-3-2-14-32-21/h2-14,26H,15-17H2,1H3/b13-8+. The topological polar surface area (TPSA) is 106 Å². The van der Waals surface area contributed by atoms with E-state index in [9.17, 15) is 22.4 Å². The van der Waals surface area contributed by atoms with E-state index in [4.69, 9.17) is 9.15 Å². The van der Waals surface area contributed by atoms with Crippen molar-refractivity contribution in [1.29, 1.82) is 0 Å². The molecular weight excluding hydrogens is 463 g/mol. The van der Waals surface area contributed by atoms with Crippen LogP contribution in [-0.4, -0.2) is 38.8 Å². The molecule has 0 saturated carbocycles. The van der Waals surface area contributed by atoms with Crippen LogP contribution in [0.2, 0.25) is 0 Å². The summed E-state index contributed by atoms with van der Waals surface area (Å²) in [5, 5.41) is 0. The van der Waals surface area contributed by atoms with Gasteiger partial charge in [0, 0.05) is 19.7 Å². The zero-order valence-electron chi connectivity index (χ0n) is 18.3. The van der Waals surface area contributed by atoms with Gasteiger partial charge in [0.25, 0.3) is 5.91 Å². The molecule has 1 aromatic heterocycles. The minimum atomic E-state index is -3.72. The van der Waals surface area contributed by atoms with E-state index in [2.05, 4.69) is 4.72 Å². The second kappa shape index (κ2) is 11.4. The van der Waals surface area contributed by atoms with Crippen LogP contribution < -0.4 is 4.72 Å². The van der Waals surface area contributed by atoms with E-state index < -0.39 is 28.5 Å². The fourth-order valence-corrected chi connectivity index (χ4v) is 3.82. The number of rotatable bonds is 10. The molecule has 0 atom stereocenters. The van der Waals surface area contributed by atoms with Gasteiger partial charge in [0.2, 0.25) is 10.0 Å². The van der Waals surface area contributed by atoms with Gasteiger partial charge in [-0.3, -0.25) is 4.79 Å². The number of hydrogen-bond donors (Lipinski definition) is 1. The number of halogens is 1. The number of likely N-dealkylation sites (N-methyl/N-ethyl adjacent to an activating group) is 1. The number of hydrogen-bond acceptors (Lipinski definition) is 6. The van der Waals surface area contributed by atoms with Crippen molar-refractivity contribution >= 4 is 28.0 Å². The lowest BCUT2D eigenvalue weighted by Gasteiger charge is -2.16. The minimum absolute atomic E-state index is 0.0284. The lowest BCUT2D eigenvalue weighted by molar-refractivity contribution is -0.147. The van der Waals surface area contributed by atoms with Crippen molar-refractivity contribution in [2.75, 3.05) is 13.7 Å². The lowest BCUT2D eigenvalue weighted by Crippen LogP contribution is -2.30. The zero-order valence-corrected chi connectivity index (χ0v) is 19.1. The van der Waals surface area contributed by atoms with Gasteiger partial charge in [-0.1, -0.05) is 24.3 Å². The second-order valence-electron chi connectivity index (χ2n) is 7.29. The summed E-state index contributed by atoms with van der Waals surface area (Å²) in [7, 11) is -2.17. The average Bonchev–Trinajstić information content (AvgIpc) is 3.35. The first-order valence-corrected chi connectivity index (χ1v) is 11.7. The molecule has 0 bridgehead atoms. The monoisotopic (exact) mass is 486 g/mol. The SMILES string of the molecule is CN(Cc1ccc(F)cc1)C(=O)COC(=O)/C=C/c1ccc(S(=O)(=O)NCc2ccco2)cc1. The molecule has 3 rings (SSSR count). The summed E-state index contributed by atoms with van der Waals surface area (Å²) in [4.78, 5) is 25.5. The highest BCUT2D eigenvalue weighted by Gasteiger charge is 2.14. The van der Waals surface area contributed by atoms with Gasteiger partial charge < -0.3 is 14.1 Å². The molecule has 178 valence electrons. The average molecular weight is 487 g/mol. The van der Waals surface area contributed by atoms with Gasteiger partial charge >= 0.3 is 5.97 Å². The third-order valence-electron chi connectivity index (χ3n) is 4.72. The predicted octanol–water partition coefficient (Wildman–Crippen LogP) is 3.11. The molecule has 1 N–H and O–H groups in total. The number of esters is 1. The Morgan fingerprint density at radius 1 is 1.09 bits per heavy atom. The van der Waals surface area contributed by atoms with Crippen LogP contribution in [-0.2, 0) is 37.4 Å².